The lowest BCUT2D eigenvalue weighted by Gasteiger charge is -2.14. The third kappa shape index (κ3) is 2.94. The van der Waals surface area contributed by atoms with E-state index in [0.717, 1.165) is 22.9 Å². The van der Waals surface area contributed by atoms with Gasteiger partial charge in [0.25, 0.3) is 0 Å². The summed E-state index contributed by atoms with van der Waals surface area (Å²) < 4.78 is 7.23. The van der Waals surface area contributed by atoms with Gasteiger partial charge in [0.1, 0.15) is 0 Å². The van der Waals surface area contributed by atoms with Crippen molar-refractivity contribution < 1.29 is 14.6 Å². The van der Waals surface area contributed by atoms with Gasteiger partial charge >= 0.3 is 0 Å². The monoisotopic (exact) mass is 288 g/mol. The van der Waals surface area contributed by atoms with E-state index in [1.54, 1.807) is 0 Å². The van der Waals surface area contributed by atoms with Crippen LogP contribution in [-0.4, -0.2) is 35.3 Å². The summed E-state index contributed by atoms with van der Waals surface area (Å²) in [7, 11) is 1.99. The predicted molar refractivity (Wildman–Crippen MR) is 79.8 cm³/mol. The van der Waals surface area contributed by atoms with Gasteiger partial charge in [-0.2, -0.15) is 0 Å². The number of rotatable bonds is 4. The average Bonchev–Trinajstić information content (AvgIpc) is 3.14. The number of hydrogen-bond acceptors (Lipinski definition) is 3. The van der Waals surface area contributed by atoms with Crippen LogP contribution in [0.25, 0.3) is 10.9 Å². The van der Waals surface area contributed by atoms with Crippen LogP contribution in [0.2, 0.25) is 0 Å². The van der Waals surface area contributed by atoms with Gasteiger partial charge in [-0.1, -0.05) is 6.07 Å². The highest BCUT2D eigenvalue weighted by Gasteiger charge is 2.23. The van der Waals surface area contributed by atoms with Gasteiger partial charge in [0, 0.05) is 31.9 Å². The van der Waals surface area contributed by atoms with Gasteiger partial charge in [0.2, 0.25) is 5.91 Å². The second-order valence-corrected chi connectivity index (χ2v) is 5.57. The van der Waals surface area contributed by atoms with Crippen LogP contribution in [0, 0.1) is 5.92 Å². The standard InChI is InChI=1S/C16H20N2O3/c1-18-6-4-11-8-12(2-3-14(11)18)15(19)9-17-16(20)13-5-7-21-10-13/h2-4,6,8,13,15,19H,5,7,9-10H2,1H3,(H,17,20). The number of ether oxygens (including phenoxy) is 1. The molecule has 0 bridgehead atoms. The van der Waals surface area contributed by atoms with Crippen LogP contribution in [0.5, 0.6) is 0 Å². The number of aliphatic hydroxyl groups is 1. The van der Waals surface area contributed by atoms with Crippen LogP contribution in [-0.2, 0) is 16.6 Å². The number of hydrogen-bond donors (Lipinski definition) is 2. The molecule has 1 saturated heterocycles. The van der Waals surface area contributed by atoms with E-state index in [1.165, 1.54) is 0 Å². The van der Waals surface area contributed by atoms with E-state index in [2.05, 4.69) is 5.32 Å². The molecular weight excluding hydrogens is 268 g/mol. The largest absolute Gasteiger partial charge is 0.387 e. The molecule has 0 aliphatic carbocycles. The fourth-order valence-corrected chi connectivity index (χ4v) is 2.71. The van der Waals surface area contributed by atoms with Crippen LogP contribution >= 0.6 is 0 Å². The smallest absolute Gasteiger partial charge is 0.225 e. The van der Waals surface area contributed by atoms with E-state index in [-0.39, 0.29) is 18.4 Å². The molecule has 1 aromatic carbocycles. The highest BCUT2D eigenvalue weighted by molar-refractivity contribution is 5.81. The van der Waals surface area contributed by atoms with Crippen LogP contribution < -0.4 is 5.32 Å². The van der Waals surface area contributed by atoms with Crippen LogP contribution in [0.3, 0.4) is 0 Å². The number of aromatic nitrogens is 1. The van der Waals surface area contributed by atoms with Crippen molar-refractivity contribution >= 4 is 16.8 Å². The molecular formula is C16H20N2O3. The zero-order valence-corrected chi connectivity index (χ0v) is 12.1. The Morgan fingerprint density at radius 1 is 1.52 bits per heavy atom. The lowest BCUT2D eigenvalue weighted by Crippen LogP contribution is -2.34. The van der Waals surface area contributed by atoms with Crippen molar-refractivity contribution in [3.63, 3.8) is 0 Å². The number of nitrogens with zero attached hydrogens (tertiary/aromatic N) is 1. The third-order valence-electron chi connectivity index (χ3n) is 4.06. The maximum absolute atomic E-state index is 11.9. The molecule has 2 unspecified atom stereocenters. The predicted octanol–water partition coefficient (Wildman–Crippen LogP) is 1.36. The van der Waals surface area contributed by atoms with Crippen LogP contribution in [0.1, 0.15) is 18.1 Å². The lowest BCUT2D eigenvalue weighted by atomic mass is 10.1. The van der Waals surface area contributed by atoms with E-state index in [4.69, 9.17) is 4.74 Å². The Labute approximate surface area is 123 Å². The van der Waals surface area contributed by atoms with Crippen LogP contribution in [0.15, 0.2) is 30.5 Å². The summed E-state index contributed by atoms with van der Waals surface area (Å²) in [6.07, 6.45) is 2.06. The minimum absolute atomic E-state index is 0.0349. The highest BCUT2D eigenvalue weighted by Crippen LogP contribution is 2.21. The van der Waals surface area contributed by atoms with E-state index in [0.29, 0.717) is 13.2 Å². The molecule has 5 nitrogen and oxygen atoms in total. The fourth-order valence-electron chi connectivity index (χ4n) is 2.71. The van der Waals surface area contributed by atoms with Crippen molar-refractivity contribution in [1.29, 1.82) is 0 Å². The molecule has 2 atom stereocenters. The molecule has 0 radical (unpaired) electrons. The number of fused-ring (bicyclic) bond motifs is 1. The van der Waals surface area contributed by atoms with Crippen LogP contribution in [0.4, 0.5) is 0 Å². The summed E-state index contributed by atoms with van der Waals surface area (Å²) in [5, 5.41) is 14.1. The van der Waals surface area contributed by atoms with Crippen molar-refractivity contribution in [2.75, 3.05) is 19.8 Å². The molecule has 5 heteroatoms. The van der Waals surface area contributed by atoms with Gasteiger partial charge < -0.3 is 19.7 Å². The zero-order chi connectivity index (χ0) is 14.8. The zero-order valence-electron chi connectivity index (χ0n) is 12.1. The van der Waals surface area contributed by atoms with Gasteiger partial charge in [0.05, 0.1) is 18.6 Å². The Morgan fingerprint density at radius 3 is 3.14 bits per heavy atom. The Bertz CT molecular complexity index is 644. The molecule has 21 heavy (non-hydrogen) atoms. The quantitative estimate of drug-likeness (QED) is 0.893. The number of carbonyl (C=O) groups excluding carboxylic acids is 1. The molecule has 1 aliphatic heterocycles. The molecule has 0 saturated carbocycles. The summed E-state index contributed by atoms with van der Waals surface area (Å²) in [5.41, 5.74) is 1.94. The molecule has 2 heterocycles. The second-order valence-electron chi connectivity index (χ2n) is 5.57. The molecule has 1 fully saturated rings. The average molecular weight is 288 g/mol. The fraction of sp³-hybridized carbons (Fsp3) is 0.438. The first-order valence-corrected chi connectivity index (χ1v) is 7.23. The Kier molecular flexibility index (Phi) is 3.94. The number of nitrogens with one attached hydrogen (secondary N) is 1. The van der Waals surface area contributed by atoms with Gasteiger partial charge in [0.15, 0.2) is 0 Å². The first-order chi connectivity index (χ1) is 10.1. The summed E-state index contributed by atoms with van der Waals surface area (Å²) in [4.78, 5) is 11.9. The first kappa shape index (κ1) is 14.1. The highest BCUT2D eigenvalue weighted by atomic mass is 16.5. The van der Waals surface area contributed by atoms with Gasteiger partial charge in [-0.05, 0) is 35.6 Å². The molecule has 1 amide bonds. The Balaban J connectivity index is 1.63. The topological polar surface area (TPSA) is 63.5 Å². The first-order valence-electron chi connectivity index (χ1n) is 7.23. The van der Waals surface area contributed by atoms with Crippen molar-refractivity contribution in [3.8, 4) is 0 Å². The minimum Gasteiger partial charge on any atom is -0.387 e. The normalized spacial score (nSPS) is 19.8. The van der Waals surface area contributed by atoms with Crippen molar-refractivity contribution in [2.45, 2.75) is 12.5 Å². The summed E-state index contributed by atoms with van der Waals surface area (Å²) >= 11 is 0. The molecule has 112 valence electrons. The van der Waals surface area contributed by atoms with Crippen molar-refractivity contribution in [1.82, 2.24) is 9.88 Å². The summed E-state index contributed by atoms with van der Waals surface area (Å²) in [6.45, 7) is 1.36. The SMILES string of the molecule is Cn1ccc2cc(C(O)CNC(=O)C3CCOC3)ccc21. The maximum atomic E-state index is 11.9. The lowest BCUT2D eigenvalue weighted by molar-refractivity contribution is -0.125. The number of carbonyl (C=O) groups is 1. The van der Waals surface area contributed by atoms with Gasteiger partial charge in [-0.3, -0.25) is 4.79 Å². The number of aliphatic hydroxyl groups excluding tert-OH is 1. The molecule has 2 N–H and O–H groups in total. The Morgan fingerprint density at radius 2 is 2.38 bits per heavy atom. The number of aryl methyl sites for hydroxylation is 1. The van der Waals surface area contributed by atoms with E-state index >= 15 is 0 Å². The van der Waals surface area contributed by atoms with Crippen molar-refractivity contribution in [2.24, 2.45) is 13.0 Å². The maximum Gasteiger partial charge on any atom is 0.225 e. The van der Waals surface area contributed by atoms with Gasteiger partial charge in [-0.15, -0.1) is 0 Å². The van der Waals surface area contributed by atoms with Gasteiger partial charge in [-0.25, -0.2) is 0 Å². The van der Waals surface area contributed by atoms with E-state index in [1.807, 2.05) is 42.1 Å². The van der Waals surface area contributed by atoms with E-state index in [9.17, 15) is 9.90 Å². The van der Waals surface area contributed by atoms with Crippen molar-refractivity contribution in [3.05, 3.63) is 36.0 Å². The summed E-state index contributed by atoms with van der Waals surface area (Å²) in [5.74, 6) is -0.110. The number of benzene rings is 1. The summed E-state index contributed by atoms with van der Waals surface area (Å²) in [6, 6.07) is 7.86. The molecule has 1 aromatic heterocycles. The number of amides is 1. The minimum atomic E-state index is -0.694. The molecule has 1 aliphatic rings. The Hall–Kier alpha value is -1.85. The molecule has 2 aromatic rings. The molecule has 3 rings (SSSR count). The second kappa shape index (κ2) is 5.87. The van der Waals surface area contributed by atoms with E-state index < -0.39 is 6.10 Å². The molecule has 0 spiro atoms. The third-order valence-corrected chi connectivity index (χ3v) is 4.06.